The molecule has 92 valence electrons. The monoisotopic (exact) mass is 325 g/mol. The van der Waals surface area contributed by atoms with Gasteiger partial charge in [-0.15, -0.1) is 0 Å². The van der Waals surface area contributed by atoms with Crippen LogP contribution in [0.2, 0.25) is 5.02 Å². The van der Waals surface area contributed by atoms with Gasteiger partial charge in [0.2, 0.25) is 0 Å². The second kappa shape index (κ2) is 5.37. The molecule has 0 aliphatic carbocycles. The number of nitrogens with zero attached hydrogens (tertiary/aromatic N) is 1. The van der Waals surface area contributed by atoms with Gasteiger partial charge >= 0.3 is 0 Å². The van der Waals surface area contributed by atoms with E-state index in [-0.39, 0.29) is 10.9 Å². The Balaban J connectivity index is 2.28. The van der Waals surface area contributed by atoms with Crippen LogP contribution in [0, 0.1) is 0 Å². The molecule has 0 bridgehead atoms. The zero-order valence-corrected chi connectivity index (χ0v) is 11.5. The van der Waals surface area contributed by atoms with Crippen molar-refractivity contribution in [2.24, 2.45) is 0 Å². The summed E-state index contributed by atoms with van der Waals surface area (Å²) in [6.45, 7) is 0. The lowest BCUT2D eigenvalue weighted by Gasteiger charge is -2.08. The molecule has 0 unspecified atom stereocenters. The van der Waals surface area contributed by atoms with Crippen molar-refractivity contribution in [3.8, 4) is 0 Å². The summed E-state index contributed by atoms with van der Waals surface area (Å²) < 4.78 is 0.693. The van der Waals surface area contributed by atoms with Crippen LogP contribution in [0.25, 0.3) is 0 Å². The summed E-state index contributed by atoms with van der Waals surface area (Å²) in [6.07, 6.45) is 1.58. The highest BCUT2D eigenvalue weighted by Crippen LogP contribution is 2.25. The maximum Gasteiger partial charge on any atom is 0.258 e. The zero-order chi connectivity index (χ0) is 13.1. The number of nitrogens with one attached hydrogen (secondary N) is 1. The van der Waals surface area contributed by atoms with Gasteiger partial charge in [0.1, 0.15) is 5.82 Å². The predicted molar refractivity (Wildman–Crippen MR) is 75.8 cm³/mol. The normalized spacial score (nSPS) is 10.1. The first kappa shape index (κ1) is 12.9. The SMILES string of the molecule is Nc1cccc(C(=O)Nc2ncccc2Br)c1Cl. The lowest BCUT2D eigenvalue weighted by Crippen LogP contribution is -2.14. The van der Waals surface area contributed by atoms with Crippen LogP contribution in [-0.2, 0) is 0 Å². The molecule has 3 N–H and O–H groups in total. The molecule has 1 aromatic heterocycles. The number of benzene rings is 1. The van der Waals surface area contributed by atoms with Crippen molar-refractivity contribution in [1.82, 2.24) is 4.98 Å². The van der Waals surface area contributed by atoms with Crippen molar-refractivity contribution in [3.05, 3.63) is 51.6 Å². The number of nitrogens with two attached hydrogens (primary N) is 1. The predicted octanol–water partition coefficient (Wildman–Crippen LogP) is 3.33. The minimum atomic E-state index is -0.355. The van der Waals surface area contributed by atoms with Gasteiger partial charge in [0.05, 0.1) is 20.7 Å². The van der Waals surface area contributed by atoms with E-state index in [4.69, 9.17) is 17.3 Å². The first-order valence-corrected chi connectivity index (χ1v) is 6.22. The molecule has 0 aliphatic heterocycles. The Morgan fingerprint density at radius 1 is 1.33 bits per heavy atom. The fraction of sp³-hybridized carbons (Fsp3) is 0. The number of nitrogen functional groups attached to an aromatic ring is 1. The molecule has 6 heteroatoms. The lowest BCUT2D eigenvalue weighted by molar-refractivity contribution is 0.102. The average molecular weight is 327 g/mol. The largest absolute Gasteiger partial charge is 0.398 e. The molecule has 18 heavy (non-hydrogen) atoms. The number of amides is 1. The van der Waals surface area contributed by atoms with Gasteiger partial charge in [0.15, 0.2) is 0 Å². The summed E-state index contributed by atoms with van der Waals surface area (Å²) in [4.78, 5) is 16.1. The third-order valence-electron chi connectivity index (χ3n) is 2.26. The molecule has 1 heterocycles. The van der Waals surface area contributed by atoms with Gasteiger partial charge in [0.25, 0.3) is 5.91 Å². The summed E-state index contributed by atoms with van der Waals surface area (Å²) in [7, 11) is 0. The van der Waals surface area contributed by atoms with Crippen molar-refractivity contribution < 1.29 is 4.79 Å². The van der Waals surface area contributed by atoms with Crippen LogP contribution >= 0.6 is 27.5 Å². The molecule has 1 aromatic carbocycles. The van der Waals surface area contributed by atoms with E-state index in [1.165, 1.54) is 0 Å². The molecular formula is C12H9BrClN3O. The third-order valence-corrected chi connectivity index (χ3v) is 3.33. The Hall–Kier alpha value is -1.59. The van der Waals surface area contributed by atoms with Crippen LogP contribution in [0.1, 0.15) is 10.4 Å². The molecule has 0 atom stereocenters. The van der Waals surface area contributed by atoms with E-state index in [2.05, 4.69) is 26.2 Å². The standard InChI is InChI=1S/C12H9BrClN3O/c13-8-4-2-6-16-11(8)17-12(18)7-3-1-5-9(15)10(7)14/h1-6H,15H2,(H,16,17,18). The fourth-order valence-electron chi connectivity index (χ4n) is 1.38. The molecule has 0 spiro atoms. The van der Waals surface area contributed by atoms with Gasteiger partial charge in [-0.25, -0.2) is 4.98 Å². The van der Waals surface area contributed by atoms with Gasteiger partial charge in [-0.05, 0) is 40.2 Å². The molecule has 1 amide bonds. The van der Waals surface area contributed by atoms with E-state index in [1.54, 1.807) is 36.5 Å². The highest BCUT2D eigenvalue weighted by Gasteiger charge is 2.13. The number of carbonyl (C=O) groups excluding carboxylic acids is 1. The smallest absolute Gasteiger partial charge is 0.258 e. The number of hydrogen-bond acceptors (Lipinski definition) is 3. The maximum absolute atomic E-state index is 12.0. The van der Waals surface area contributed by atoms with Crippen LogP contribution in [0.3, 0.4) is 0 Å². The molecule has 4 nitrogen and oxygen atoms in total. The van der Waals surface area contributed by atoms with Gasteiger partial charge < -0.3 is 11.1 Å². The lowest BCUT2D eigenvalue weighted by atomic mass is 10.2. The molecular weight excluding hydrogens is 318 g/mol. The molecule has 0 saturated carbocycles. The minimum absolute atomic E-state index is 0.238. The van der Waals surface area contributed by atoms with E-state index in [9.17, 15) is 4.79 Å². The van der Waals surface area contributed by atoms with Gasteiger partial charge in [-0.1, -0.05) is 17.7 Å². The van der Waals surface area contributed by atoms with E-state index in [0.717, 1.165) is 0 Å². The summed E-state index contributed by atoms with van der Waals surface area (Å²) in [5, 5.41) is 2.90. The molecule has 0 saturated heterocycles. The fourth-order valence-corrected chi connectivity index (χ4v) is 1.94. The molecule has 0 aliphatic rings. The van der Waals surface area contributed by atoms with Crippen molar-refractivity contribution in [3.63, 3.8) is 0 Å². The van der Waals surface area contributed by atoms with Gasteiger partial charge in [-0.3, -0.25) is 4.79 Å². The van der Waals surface area contributed by atoms with Crippen molar-refractivity contribution in [2.45, 2.75) is 0 Å². The summed E-state index contributed by atoms with van der Waals surface area (Å²) >= 11 is 9.27. The second-order valence-corrected chi connectivity index (χ2v) is 4.73. The van der Waals surface area contributed by atoms with E-state index >= 15 is 0 Å². The van der Waals surface area contributed by atoms with Crippen molar-refractivity contribution in [1.29, 1.82) is 0 Å². The number of halogens is 2. The average Bonchev–Trinajstić information content (AvgIpc) is 2.35. The van der Waals surface area contributed by atoms with Crippen LogP contribution in [0.4, 0.5) is 11.5 Å². The minimum Gasteiger partial charge on any atom is -0.398 e. The zero-order valence-electron chi connectivity index (χ0n) is 9.15. The van der Waals surface area contributed by atoms with Crippen molar-refractivity contribution >= 4 is 44.9 Å². The number of carbonyl (C=O) groups is 1. The Labute approximate surface area is 117 Å². The second-order valence-electron chi connectivity index (χ2n) is 3.50. The first-order valence-electron chi connectivity index (χ1n) is 5.05. The topological polar surface area (TPSA) is 68.0 Å². The molecule has 2 rings (SSSR count). The van der Waals surface area contributed by atoms with E-state index in [0.29, 0.717) is 21.5 Å². The quantitative estimate of drug-likeness (QED) is 0.832. The number of hydrogen-bond donors (Lipinski definition) is 2. The number of pyridine rings is 1. The Kier molecular flexibility index (Phi) is 3.84. The Bertz CT molecular complexity index is 604. The van der Waals surface area contributed by atoms with Crippen molar-refractivity contribution in [2.75, 3.05) is 11.1 Å². The molecule has 0 radical (unpaired) electrons. The highest BCUT2D eigenvalue weighted by atomic mass is 79.9. The number of rotatable bonds is 2. The van der Waals surface area contributed by atoms with Gasteiger partial charge in [-0.2, -0.15) is 0 Å². The van der Waals surface area contributed by atoms with E-state index < -0.39 is 0 Å². The number of anilines is 2. The van der Waals surface area contributed by atoms with Crippen LogP contribution < -0.4 is 11.1 Å². The van der Waals surface area contributed by atoms with Gasteiger partial charge in [0, 0.05) is 6.20 Å². The molecule has 0 fully saturated rings. The van der Waals surface area contributed by atoms with Crippen LogP contribution in [-0.4, -0.2) is 10.9 Å². The maximum atomic E-state index is 12.0. The summed E-state index contributed by atoms with van der Waals surface area (Å²) in [5.41, 5.74) is 6.32. The highest BCUT2D eigenvalue weighted by molar-refractivity contribution is 9.10. The van der Waals surface area contributed by atoms with Crippen LogP contribution in [0.5, 0.6) is 0 Å². The van der Waals surface area contributed by atoms with E-state index in [1.807, 2.05) is 0 Å². The summed E-state index contributed by atoms with van der Waals surface area (Å²) in [6, 6.07) is 8.45. The Morgan fingerprint density at radius 3 is 2.83 bits per heavy atom. The third kappa shape index (κ3) is 2.63. The summed E-state index contributed by atoms with van der Waals surface area (Å²) in [5.74, 6) is 0.0766. The Morgan fingerprint density at radius 2 is 2.11 bits per heavy atom. The molecule has 2 aromatic rings. The first-order chi connectivity index (χ1) is 8.59. The van der Waals surface area contributed by atoms with Crippen LogP contribution in [0.15, 0.2) is 41.0 Å². The number of aromatic nitrogens is 1.